The summed E-state index contributed by atoms with van der Waals surface area (Å²) in [6.45, 7) is 1.23. The first-order chi connectivity index (χ1) is 7.98. The van der Waals surface area contributed by atoms with Crippen molar-refractivity contribution >= 4 is 17.2 Å². The van der Waals surface area contributed by atoms with Gasteiger partial charge in [0.1, 0.15) is 0 Å². The largest absolute Gasteiger partial charge is 0.417 e. The minimum atomic E-state index is -4.41. The van der Waals surface area contributed by atoms with Crippen LogP contribution >= 0.6 is 11.6 Å². The predicted molar refractivity (Wildman–Crippen MR) is 60.9 cm³/mol. The summed E-state index contributed by atoms with van der Waals surface area (Å²) in [5.74, 6) is 0. The highest BCUT2D eigenvalue weighted by atomic mass is 35.5. The van der Waals surface area contributed by atoms with Gasteiger partial charge in [-0.1, -0.05) is 23.7 Å². The van der Waals surface area contributed by atoms with Gasteiger partial charge in [0.25, 0.3) is 0 Å². The molecule has 0 N–H and O–H groups in total. The van der Waals surface area contributed by atoms with E-state index in [-0.39, 0.29) is 5.02 Å². The SMILES string of the molecule is FC(F)(F)c1cc(C2=CC[N]CC2)ccc1Cl. The molecule has 0 saturated carbocycles. The monoisotopic (exact) mass is 260 g/mol. The van der Waals surface area contributed by atoms with E-state index in [1.807, 2.05) is 6.08 Å². The smallest absolute Gasteiger partial charge is 0.237 e. The van der Waals surface area contributed by atoms with Crippen molar-refractivity contribution < 1.29 is 13.2 Å². The van der Waals surface area contributed by atoms with Crippen molar-refractivity contribution in [3.8, 4) is 0 Å². The lowest BCUT2D eigenvalue weighted by molar-refractivity contribution is -0.137. The molecule has 0 bridgehead atoms. The molecule has 1 radical (unpaired) electrons. The second kappa shape index (κ2) is 4.70. The van der Waals surface area contributed by atoms with Crippen molar-refractivity contribution in [2.75, 3.05) is 13.1 Å². The maximum atomic E-state index is 12.7. The fourth-order valence-electron chi connectivity index (χ4n) is 1.77. The van der Waals surface area contributed by atoms with E-state index in [0.29, 0.717) is 25.1 Å². The molecule has 5 heteroatoms. The molecular formula is C12H10ClF3N. The van der Waals surface area contributed by atoms with Crippen LogP contribution in [-0.2, 0) is 6.18 Å². The predicted octanol–water partition coefficient (Wildman–Crippen LogP) is 3.75. The average molecular weight is 261 g/mol. The summed E-state index contributed by atoms with van der Waals surface area (Å²) in [7, 11) is 0. The van der Waals surface area contributed by atoms with Gasteiger partial charge in [0.2, 0.25) is 0 Å². The molecule has 1 aliphatic rings. The summed E-state index contributed by atoms with van der Waals surface area (Å²) < 4.78 is 38.0. The quantitative estimate of drug-likeness (QED) is 0.730. The Kier molecular flexibility index (Phi) is 3.45. The maximum Gasteiger partial charge on any atom is 0.417 e. The van der Waals surface area contributed by atoms with Gasteiger partial charge >= 0.3 is 6.18 Å². The fraction of sp³-hybridized carbons (Fsp3) is 0.333. The van der Waals surface area contributed by atoms with E-state index in [2.05, 4.69) is 5.32 Å². The summed E-state index contributed by atoms with van der Waals surface area (Å²) in [5.41, 5.74) is 0.707. The van der Waals surface area contributed by atoms with E-state index in [0.717, 1.165) is 11.6 Å². The van der Waals surface area contributed by atoms with Crippen LogP contribution in [0.25, 0.3) is 5.57 Å². The van der Waals surface area contributed by atoms with Crippen molar-refractivity contribution in [3.05, 3.63) is 40.4 Å². The lowest BCUT2D eigenvalue weighted by Crippen LogP contribution is -2.13. The molecule has 2 rings (SSSR count). The van der Waals surface area contributed by atoms with Crippen LogP contribution in [0.3, 0.4) is 0 Å². The molecule has 91 valence electrons. The number of hydrogen-bond acceptors (Lipinski definition) is 0. The molecule has 0 spiro atoms. The summed E-state index contributed by atoms with van der Waals surface area (Å²) in [6, 6.07) is 4.03. The molecule has 1 aromatic carbocycles. The molecule has 0 unspecified atom stereocenters. The minimum Gasteiger partial charge on any atom is -0.237 e. The lowest BCUT2D eigenvalue weighted by Gasteiger charge is -2.15. The van der Waals surface area contributed by atoms with Crippen LogP contribution < -0.4 is 5.32 Å². The van der Waals surface area contributed by atoms with Crippen molar-refractivity contribution in [1.82, 2.24) is 5.32 Å². The third-order valence-electron chi connectivity index (χ3n) is 2.65. The van der Waals surface area contributed by atoms with Crippen molar-refractivity contribution in [1.29, 1.82) is 0 Å². The highest BCUT2D eigenvalue weighted by Crippen LogP contribution is 2.36. The van der Waals surface area contributed by atoms with Crippen LogP contribution in [-0.4, -0.2) is 13.1 Å². The topological polar surface area (TPSA) is 14.1 Å². The average Bonchev–Trinajstić information content (AvgIpc) is 2.29. The van der Waals surface area contributed by atoms with E-state index < -0.39 is 11.7 Å². The van der Waals surface area contributed by atoms with Crippen LogP contribution in [0.15, 0.2) is 24.3 Å². The maximum absolute atomic E-state index is 12.7. The standard InChI is InChI=1S/C12H10ClF3N/c13-11-2-1-9(7-10(11)12(14,15)16)8-3-5-17-6-4-8/h1-3,7H,4-6H2. The third-order valence-corrected chi connectivity index (χ3v) is 2.98. The molecule has 0 aliphatic carbocycles. The number of alkyl halides is 3. The zero-order valence-corrected chi connectivity index (χ0v) is 9.65. The Morgan fingerprint density at radius 1 is 1.24 bits per heavy atom. The van der Waals surface area contributed by atoms with Crippen LogP contribution in [0, 0.1) is 0 Å². The lowest BCUT2D eigenvalue weighted by atomic mass is 9.98. The summed E-state index contributed by atoms with van der Waals surface area (Å²) in [4.78, 5) is 0. The second-order valence-corrected chi connectivity index (χ2v) is 4.21. The van der Waals surface area contributed by atoms with Crippen molar-refractivity contribution in [3.63, 3.8) is 0 Å². The van der Waals surface area contributed by atoms with Crippen molar-refractivity contribution in [2.24, 2.45) is 0 Å². The molecule has 0 atom stereocenters. The Balaban J connectivity index is 2.40. The van der Waals surface area contributed by atoms with Gasteiger partial charge < -0.3 is 0 Å². The van der Waals surface area contributed by atoms with Crippen LogP contribution in [0.5, 0.6) is 0 Å². The number of rotatable bonds is 1. The van der Waals surface area contributed by atoms with Gasteiger partial charge in [0, 0.05) is 13.1 Å². The van der Waals surface area contributed by atoms with Gasteiger partial charge in [-0.3, -0.25) is 0 Å². The summed E-state index contributed by atoms with van der Waals surface area (Å²) >= 11 is 5.56. The van der Waals surface area contributed by atoms with E-state index in [1.165, 1.54) is 6.07 Å². The third kappa shape index (κ3) is 2.82. The van der Waals surface area contributed by atoms with Gasteiger partial charge in [-0.2, -0.15) is 13.2 Å². The van der Waals surface area contributed by atoms with Crippen LogP contribution in [0.4, 0.5) is 13.2 Å². The van der Waals surface area contributed by atoms with E-state index in [1.54, 1.807) is 6.07 Å². The molecule has 1 aliphatic heterocycles. The zero-order valence-electron chi connectivity index (χ0n) is 8.89. The number of nitrogens with zero attached hydrogens (tertiary/aromatic N) is 1. The van der Waals surface area contributed by atoms with E-state index in [4.69, 9.17) is 11.6 Å². The molecule has 1 nitrogen and oxygen atoms in total. The number of benzene rings is 1. The molecule has 0 amide bonds. The minimum absolute atomic E-state index is 0.262. The van der Waals surface area contributed by atoms with Crippen LogP contribution in [0.2, 0.25) is 5.02 Å². The highest BCUT2D eigenvalue weighted by molar-refractivity contribution is 6.31. The Morgan fingerprint density at radius 3 is 2.59 bits per heavy atom. The van der Waals surface area contributed by atoms with Gasteiger partial charge in [0.05, 0.1) is 10.6 Å². The second-order valence-electron chi connectivity index (χ2n) is 3.80. The van der Waals surface area contributed by atoms with Gasteiger partial charge in [-0.05, 0) is 29.7 Å². The summed E-state index contributed by atoms with van der Waals surface area (Å²) in [6.07, 6.45) is -1.88. The Morgan fingerprint density at radius 2 is 2.00 bits per heavy atom. The zero-order chi connectivity index (χ0) is 12.5. The molecule has 0 fully saturated rings. The molecule has 1 aromatic rings. The Hall–Kier alpha value is -1.00. The first-order valence-corrected chi connectivity index (χ1v) is 5.55. The normalized spacial score (nSPS) is 16.8. The van der Waals surface area contributed by atoms with E-state index >= 15 is 0 Å². The molecular weight excluding hydrogens is 251 g/mol. The van der Waals surface area contributed by atoms with Gasteiger partial charge in [-0.15, -0.1) is 0 Å². The first kappa shape index (κ1) is 12.5. The Bertz CT molecular complexity index is 452. The fourth-order valence-corrected chi connectivity index (χ4v) is 2.00. The first-order valence-electron chi connectivity index (χ1n) is 5.18. The highest BCUT2D eigenvalue weighted by Gasteiger charge is 2.33. The van der Waals surface area contributed by atoms with Crippen molar-refractivity contribution in [2.45, 2.75) is 12.6 Å². The molecule has 1 heterocycles. The van der Waals surface area contributed by atoms with E-state index in [9.17, 15) is 13.2 Å². The van der Waals surface area contributed by atoms with Gasteiger partial charge in [-0.25, -0.2) is 5.32 Å². The number of hydrogen-bond donors (Lipinski definition) is 0. The summed E-state index contributed by atoms with van der Waals surface area (Å²) in [5, 5.41) is 3.86. The molecule has 0 aromatic heterocycles. The Labute approximate surface area is 102 Å². The van der Waals surface area contributed by atoms with Crippen LogP contribution in [0.1, 0.15) is 17.5 Å². The molecule has 0 saturated heterocycles. The number of halogens is 4. The molecule has 17 heavy (non-hydrogen) atoms. The van der Waals surface area contributed by atoms with Gasteiger partial charge in [0.15, 0.2) is 0 Å².